The average Bonchev–Trinajstić information content (AvgIpc) is 2.76. The van der Waals surface area contributed by atoms with Gasteiger partial charge in [0.25, 0.3) is 0 Å². The monoisotopic (exact) mass is 209 g/mol. The number of oxazole rings is 1. The number of nitrogens with two attached hydrogens (primary N) is 1. The molecule has 0 aliphatic carbocycles. The van der Waals surface area contributed by atoms with E-state index in [0.29, 0.717) is 12.6 Å². The molecule has 1 unspecified atom stereocenters. The molecule has 0 bridgehead atoms. The first-order valence-corrected chi connectivity index (χ1v) is 5.78. The van der Waals surface area contributed by atoms with E-state index in [9.17, 15) is 0 Å². The topological polar surface area (TPSA) is 64.1 Å². The van der Waals surface area contributed by atoms with E-state index in [4.69, 9.17) is 10.2 Å². The first-order valence-electron chi connectivity index (χ1n) is 5.78. The number of hydrogen-bond donors (Lipinski definition) is 2. The zero-order valence-corrected chi connectivity index (χ0v) is 9.04. The van der Waals surface area contributed by atoms with Crippen LogP contribution in [0.4, 0.5) is 0 Å². The van der Waals surface area contributed by atoms with Crippen molar-refractivity contribution in [1.29, 1.82) is 0 Å². The zero-order chi connectivity index (χ0) is 10.5. The number of aromatic nitrogens is 1. The first kappa shape index (κ1) is 10.6. The second-order valence-electron chi connectivity index (χ2n) is 4.07. The molecule has 1 aromatic rings. The third-order valence-electron chi connectivity index (χ3n) is 2.81. The quantitative estimate of drug-likeness (QED) is 0.786. The average molecular weight is 209 g/mol. The summed E-state index contributed by atoms with van der Waals surface area (Å²) in [4.78, 5) is 4.49. The lowest BCUT2D eigenvalue weighted by molar-refractivity contribution is 0.338. The van der Waals surface area contributed by atoms with Crippen LogP contribution in [-0.2, 0) is 6.42 Å². The molecule has 1 aliphatic rings. The summed E-state index contributed by atoms with van der Waals surface area (Å²) in [5, 5.41) is 3.42. The molecule has 15 heavy (non-hydrogen) atoms. The standard InChI is InChI=1S/C11H19N3O/c12-6-3-4-9-8-15-11(14-9)10-5-1-2-7-13-10/h8,10,13H,1-7,12H2. The number of nitrogens with one attached hydrogen (secondary N) is 1. The molecule has 4 heteroatoms. The van der Waals surface area contributed by atoms with Crippen LogP contribution in [0.1, 0.15) is 43.3 Å². The van der Waals surface area contributed by atoms with E-state index >= 15 is 0 Å². The van der Waals surface area contributed by atoms with Crippen LogP contribution in [0.3, 0.4) is 0 Å². The number of piperidine rings is 1. The van der Waals surface area contributed by atoms with Crippen molar-refractivity contribution in [3.8, 4) is 0 Å². The molecule has 0 radical (unpaired) electrons. The number of rotatable bonds is 4. The Kier molecular flexibility index (Phi) is 3.75. The summed E-state index contributed by atoms with van der Waals surface area (Å²) < 4.78 is 5.49. The summed E-state index contributed by atoms with van der Waals surface area (Å²) in [5.41, 5.74) is 6.49. The Bertz CT molecular complexity index is 292. The zero-order valence-electron chi connectivity index (χ0n) is 9.04. The van der Waals surface area contributed by atoms with E-state index < -0.39 is 0 Å². The van der Waals surface area contributed by atoms with Crippen LogP contribution in [0.2, 0.25) is 0 Å². The van der Waals surface area contributed by atoms with Gasteiger partial charge in [0, 0.05) is 0 Å². The molecular formula is C11H19N3O. The maximum atomic E-state index is 5.49. The van der Waals surface area contributed by atoms with Crippen molar-refractivity contribution in [3.63, 3.8) is 0 Å². The minimum atomic E-state index is 0.324. The van der Waals surface area contributed by atoms with Crippen LogP contribution in [-0.4, -0.2) is 18.1 Å². The fourth-order valence-corrected chi connectivity index (χ4v) is 1.94. The largest absolute Gasteiger partial charge is 0.447 e. The molecule has 2 rings (SSSR count). The molecule has 1 fully saturated rings. The van der Waals surface area contributed by atoms with Gasteiger partial charge in [-0.25, -0.2) is 4.98 Å². The first-order chi connectivity index (χ1) is 7.40. The van der Waals surface area contributed by atoms with Crippen molar-refractivity contribution in [1.82, 2.24) is 10.3 Å². The molecule has 84 valence electrons. The Hall–Kier alpha value is -0.870. The van der Waals surface area contributed by atoms with Crippen LogP contribution in [0, 0.1) is 0 Å². The molecule has 0 spiro atoms. The van der Waals surface area contributed by atoms with Gasteiger partial charge in [-0.3, -0.25) is 0 Å². The Morgan fingerprint density at radius 1 is 1.53 bits per heavy atom. The molecule has 3 N–H and O–H groups in total. The smallest absolute Gasteiger partial charge is 0.211 e. The fraction of sp³-hybridized carbons (Fsp3) is 0.727. The molecule has 0 saturated carbocycles. The fourth-order valence-electron chi connectivity index (χ4n) is 1.94. The van der Waals surface area contributed by atoms with Gasteiger partial charge in [0.2, 0.25) is 5.89 Å². The van der Waals surface area contributed by atoms with E-state index in [1.165, 1.54) is 12.8 Å². The van der Waals surface area contributed by atoms with Gasteiger partial charge in [0.1, 0.15) is 6.26 Å². The number of aryl methyl sites for hydroxylation is 1. The third-order valence-corrected chi connectivity index (χ3v) is 2.81. The maximum absolute atomic E-state index is 5.49. The summed E-state index contributed by atoms with van der Waals surface area (Å²) in [6.45, 7) is 1.79. The highest BCUT2D eigenvalue weighted by Crippen LogP contribution is 2.22. The predicted molar refractivity (Wildman–Crippen MR) is 58.5 cm³/mol. The highest BCUT2D eigenvalue weighted by Gasteiger charge is 2.19. The summed E-state index contributed by atoms with van der Waals surface area (Å²) in [5.74, 6) is 0.849. The lowest BCUT2D eigenvalue weighted by Gasteiger charge is -2.20. The van der Waals surface area contributed by atoms with Gasteiger partial charge in [-0.15, -0.1) is 0 Å². The van der Waals surface area contributed by atoms with Crippen molar-refractivity contribution < 1.29 is 4.42 Å². The summed E-state index contributed by atoms with van der Waals surface area (Å²) in [7, 11) is 0. The minimum Gasteiger partial charge on any atom is -0.447 e. The van der Waals surface area contributed by atoms with Crippen LogP contribution in [0.5, 0.6) is 0 Å². The van der Waals surface area contributed by atoms with Crippen LogP contribution >= 0.6 is 0 Å². The van der Waals surface area contributed by atoms with Gasteiger partial charge in [-0.05, 0) is 38.8 Å². The summed E-state index contributed by atoms with van der Waals surface area (Å²) >= 11 is 0. The number of hydrogen-bond acceptors (Lipinski definition) is 4. The van der Waals surface area contributed by atoms with Crippen molar-refractivity contribution in [2.24, 2.45) is 5.73 Å². The highest BCUT2D eigenvalue weighted by molar-refractivity contribution is 5.01. The lowest BCUT2D eigenvalue weighted by atomic mass is 10.1. The van der Waals surface area contributed by atoms with Crippen molar-refractivity contribution in [2.75, 3.05) is 13.1 Å². The molecule has 1 saturated heterocycles. The summed E-state index contributed by atoms with van der Waals surface area (Å²) in [6.07, 6.45) is 7.32. The second-order valence-corrected chi connectivity index (χ2v) is 4.07. The Labute approximate surface area is 90.2 Å². The third kappa shape index (κ3) is 2.79. The Balaban J connectivity index is 1.93. The van der Waals surface area contributed by atoms with E-state index in [1.807, 2.05) is 0 Å². The summed E-state index contributed by atoms with van der Waals surface area (Å²) in [6, 6.07) is 0.324. The van der Waals surface area contributed by atoms with Gasteiger partial charge < -0.3 is 15.5 Å². The van der Waals surface area contributed by atoms with Crippen LogP contribution < -0.4 is 11.1 Å². The molecule has 0 amide bonds. The highest BCUT2D eigenvalue weighted by atomic mass is 16.3. The van der Waals surface area contributed by atoms with Gasteiger partial charge in [0.05, 0.1) is 11.7 Å². The van der Waals surface area contributed by atoms with Gasteiger partial charge >= 0.3 is 0 Å². The molecule has 0 aromatic carbocycles. The molecule has 1 aromatic heterocycles. The van der Waals surface area contributed by atoms with E-state index in [-0.39, 0.29) is 0 Å². The SMILES string of the molecule is NCCCc1coc(C2CCCCN2)n1. The Morgan fingerprint density at radius 3 is 3.20 bits per heavy atom. The van der Waals surface area contributed by atoms with Crippen molar-refractivity contribution in [2.45, 2.75) is 38.1 Å². The van der Waals surface area contributed by atoms with Gasteiger partial charge in [0.15, 0.2) is 0 Å². The second kappa shape index (κ2) is 5.28. The van der Waals surface area contributed by atoms with Crippen molar-refractivity contribution in [3.05, 3.63) is 17.8 Å². The predicted octanol–water partition coefficient (Wildman–Crippen LogP) is 1.38. The van der Waals surface area contributed by atoms with E-state index in [1.54, 1.807) is 6.26 Å². The van der Waals surface area contributed by atoms with Gasteiger partial charge in [-0.1, -0.05) is 6.42 Å². The lowest BCUT2D eigenvalue weighted by Crippen LogP contribution is -2.26. The van der Waals surface area contributed by atoms with Crippen LogP contribution in [0.15, 0.2) is 10.7 Å². The Morgan fingerprint density at radius 2 is 2.47 bits per heavy atom. The van der Waals surface area contributed by atoms with Crippen LogP contribution in [0.25, 0.3) is 0 Å². The number of nitrogens with zero attached hydrogens (tertiary/aromatic N) is 1. The molecule has 2 heterocycles. The molecule has 1 aliphatic heterocycles. The van der Waals surface area contributed by atoms with Gasteiger partial charge in [-0.2, -0.15) is 0 Å². The molecular weight excluding hydrogens is 190 g/mol. The van der Waals surface area contributed by atoms with E-state index in [2.05, 4.69) is 10.3 Å². The normalized spacial score (nSPS) is 21.8. The maximum Gasteiger partial charge on any atom is 0.211 e. The molecule has 1 atom stereocenters. The van der Waals surface area contributed by atoms with E-state index in [0.717, 1.165) is 37.4 Å². The van der Waals surface area contributed by atoms with Crippen molar-refractivity contribution >= 4 is 0 Å². The minimum absolute atomic E-state index is 0.324. The molecule has 4 nitrogen and oxygen atoms in total.